The Morgan fingerprint density at radius 3 is 2.42 bits per heavy atom. The van der Waals surface area contributed by atoms with E-state index in [2.05, 4.69) is 0 Å². The average Bonchev–Trinajstić information content (AvgIpc) is 1.84. The van der Waals surface area contributed by atoms with Gasteiger partial charge in [-0.25, -0.2) is 8.78 Å². The molecule has 0 aromatic heterocycles. The van der Waals surface area contributed by atoms with E-state index in [1.54, 1.807) is 6.92 Å². The molecular weight excluding hydrogens is 168 g/mol. The molecule has 2 unspecified atom stereocenters. The van der Waals surface area contributed by atoms with Gasteiger partial charge in [-0.2, -0.15) is 0 Å². The van der Waals surface area contributed by atoms with E-state index in [1.807, 2.05) is 0 Å². The van der Waals surface area contributed by atoms with Crippen molar-refractivity contribution in [2.45, 2.75) is 32.2 Å². The number of alkyl halides is 2. The van der Waals surface area contributed by atoms with Gasteiger partial charge in [0, 0.05) is 6.42 Å². The summed E-state index contributed by atoms with van der Waals surface area (Å²) in [5, 5.41) is 8.31. The second-order valence-corrected chi connectivity index (χ2v) is 2.94. The monoisotopic (exact) mass is 181 g/mol. The number of nitrogens with two attached hydrogens (primary N) is 1. The maximum Gasteiger partial charge on any atom is 0.303 e. The van der Waals surface area contributed by atoms with Crippen molar-refractivity contribution in [3.05, 3.63) is 0 Å². The van der Waals surface area contributed by atoms with Gasteiger partial charge in [0.15, 0.2) is 0 Å². The summed E-state index contributed by atoms with van der Waals surface area (Å²) in [6.07, 6.45) is -2.63. The van der Waals surface area contributed by atoms with Gasteiger partial charge in [0.05, 0.1) is 6.04 Å². The zero-order chi connectivity index (χ0) is 9.72. The van der Waals surface area contributed by atoms with Crippen molar-refractivity contribution in [1.82, 2.24) is 0 Å². The maximum absolute atomic E-state index is 11.9. The minimum atomic E-state index is -2.57. The highest BCUT2D eigenvalue weighted by Crippen LogP contribution is 2.13. The molecule has 0 aromatic rings. The quantitative estimate of drug-likeness (QED) is 0.667. The molecule has 0 spiro atoms. The summed E-state index contributed by atoms with van der Waals surface area (Å²) in [5.41, 5.74) is 5.05. The first-order chi connectivity index (χ1) is 5.43. The molecule has 0 rings (SSSR count). The van der Waals surface area contributed by atoms with Crippen LogP contribution < -0.4 is 5.73 Å². The van der Waals surface area contributed by atoms with E-state index >= 15 is 0 Å². The van der Waals surface area contributed by atoms with Gasteiger partial charge in [-0.15, -0.1) is 0 Å². The minimum Gasteiger partial charge on any atom is -0.481 e. The number of carboxylic acids is 1. The number of aliphatic carboxylic acids is 1. The molecular formula is C7H13F2NO2. The Hall–Kier alpha value is -0.710. The predicted molar refractivity (Wildman–Crippen MR) is 40.0 cm³/mol. The van der Waals surface area contributed by atoms with Crippen molar-refractivity contribution in [3.8, 4) is 0 Å². The van der Waals surface area contributed by atoms with Gasteiger partial charge in [0.25, 0.3) is 6.43 Å². The summed E-state index contributed by atoms with van der Waals surface area (Å²) < 4.78 is 23.7. The zero-order valence-corrected chi connectivity index (χ0v) is 6.84. The summed E-state index contributed by atoms with van der Waals surface area (Å²) in [6, 6.07) is -1.21. The van der Waals surface area contributed by atoms with E-state index in [4.69, 9.17) is 10.8 Å². The van der Waals surface area contributed by atoms with Crippen molar-refractivity contribution in [2.75, 3.05) is 0 Å². The number of rotatable bonds is 5. The Labute approximate surface area is 69.6 Å². The summed E-state index contributed by atoms with van der Waals surface area (Å²) in [5.74, 6) is -1.28. The number of hydrogen-bond acceptors (Lipinski definition) is 2. The van der Waals surface area contributed by atoms with Crippen molar-refractivity contribution >= 4 is 5.97 Å². The molecule has 0 saturated heterocycles. The fourth-order valence-corrected chi connectivity index (χ4v) is 0.949. The van der Waals surface area contributed by atoms with Gasteiger partial charge in [0.1, 0.15) is 0 Å². The van der Waals surface area contributed by atoms with Gasteiger partial charge in [0.2, 0.25) is 0 Å². The highest BCUT2D eigenvalue weighted by atomic mass is 19.3. The molecule has 0 aliphatic carbocycles. The van der Waals surface area contributed by atoms with Crippen molar-refractivity contribution in [3.63, 3.8) is 0 Å². The number of carbonyl (C=O) groups is 1. The molecule has 12 heavy (non-hydrogen) atoms. The Balaban J connectivity index is 3.68. The largest absolute Gasteiger partial charge is 0.481 e. The Bertz CT molecular complexity index is 152. The van der Waals surface area contributed by atoms with Crippen LogP contribution in [0.5, 0.6) is 0 Å². The smallest absolute Gasteiger partial charge is 0.303 e. The second-order valence-electron chi connectivity index (χ2n) is 2.94. The van der Waals surface area contributed by atoms with Crippen LogP contribution in [0.4, 0.5) is 8.78 Å². The van der Waals surface area contributed by atoms with Crippen LogP contribution in [-0.2, 0) is 4.79 Å². The molecule has 0 radical (unpaired) electrons. The highest BCUT2D eigenvalue weighted by Gasteiger charge is 2.19. The molecule has 0 aliphatic heterocycles. The van der Waals surface area contributed by atoms with Crippen LogP contribution in [0, 0.1) is 5.92 Å². The summed E-state index contributed by atoms with van der Waals surface area (Å²) >= 11 is 0. The average molecular weight is 181 g/mol. The van der Waals surface area contributed by atoms with Crippen LogP contribution in [-0.4, -0.2) is 23.5 Å². The van der Waals surface area contributed by atoms with Gasteiger partial charge >= 0.3 is 5.97 Å². The summed E-state index contributed by atoms with van der Waals surface area (Å²) in [7, 11) is 0. The third-order valence-electron chi connectivity index (χ3n) is 1.52. The minimum absolute atomic E-state index is 0.0456. The highest BCUT2D eigenvalue weighted by molar-refractivity contribution is 5.66. The molecule has 0 amide bonds. The third-order valence-corrected chi connectivity index (χ3v) is 1.52. The van der Waals surface area contributed by atoms with Crippen molar-refractivity contribution in [1.29, 1.82) is 0 Å². The van der Waals surface area contributed by atoms with Crippen LogP contribution in [0.25, 0.3) is 0 Å². The van der Waals surface area contributed by atoms with E-state index in [0.29, 0.717) is 0 Å². The van der Waals surface area contributed by atoms with Crippen LogP contribution in [0.3, 0.4) is 0 Å². The van der Waals surface area contributed by atoms with Crippen LogP contribution in [0.2, 0.25) is 0 Å². The number of carboxylic acid groups (broad SMARTS) is 1. The topological polar surface area (TPSA) is 63.3 Å². The third kappa shape index (κ3) is 5.01. The molecule has 0 bridgehead atoms. The van der Waals surface area contributed by atoms with Crippen molar-refractivity contribution < 1.29 is 18.7 Å². The molecule has 3 nitrogen and oxygen atoms in total. The van der Waals surface area contributed by atoms with E-state index < -0.39 is 18.4 Å². The molecule has 5 heteroatoms. The van der Waals surface area contributed by atoms with E-state index in [0.717, 1.165) is 0 Å². The maximum atomic E-state index is 11.9. The van der Waals surface area contributed by atoms with Crippen LogP contribution in [0.1, 0.15) is 19.8 Å². The van der Waals surface area contributed by atoms with Gasteiger partial charge < -0.3 is 10.8 Å². The fourth-order valence-electron chi connectivity index (χ4n) is 0.949. The van der Waals surface area contributed by atoms with E-state index in [-0.39, 0.29) is 18.8 Å². The Kier molecular flexibility index (Phi) is 4.73. The lowest BCUT2D eigenvalue weighted by Crippen LogP contribution is -2.31. The van der Waals surface area contributed by atoms with Gasteiger partial charge in [-0.1, -0.05) is 6.92 Å². The van der Waals surface area contributed by atoms with Crippen LogP contribution in [0.15, 0.2) is 0 Å². The molecule has 3 N–H and O–H groups in total. The first kappa shape index (κ1) is 11.3. The molecule has 0 aliphatic rings. The lowest BCUT2D eigenvalue weighted by Gasteiger charge is -2.14. The normalized spacial score (nSPS) is 16.1. The van der Waals surface area contributed by atoms with E-state index in [1.165, 1.54) is 0 Å². The molecule has 2 atom stereocenters. The van der Waals surface area contributed by atoms with Gasteiger partial charge in [-0.3, -0.25) is 4.79 Å². The molecule has 0 heterocycles. The standard InChI is InChI=1S/C7H13F2NO2/c1-4(3-6(11)12)2-5(10)7(8)9/h4-5,7H,2-3,10H2,1H3,(H,11,12). The molecule has 72 valence electrons. The second kappa shape index (κ2) is 5.03. The summed E-state index contributed by atoms with van der Waals surface area (Å²) in [4.78, 5) is 10.1. The number of halogens is 2. The number of hydrogen-bond donors (Lipinski definition) is 2. The first-order valence-corrected chi connectivity index (χ1v) is 3.69. The summed E-state index contributed by atoms with van der Waals surface area (Å²) in [6.45, 7) is 1.59. The zero-order valence-electron chi connectivity index (χ0n) is 6.84. The Morgan fingerprint density at radius 1 is 1.58 bits per heavy atom. The van der Waals surface area contributed by atoms with E-state index in [9.17, 15) is 13.6 Å². The Morgan fingerprint density at radius 2 is 2.08 bits per heavy atom. The van der Waals surface area contributed by atoms with Crippen LogP contribution >= 0.6 is 0 Å². The lowest BCUT2D eigenvalue weighted by molar-refractivity contribution is -0.138. The fraction of sp³-hybridized carbons (Fsp3) is 0.857. The van der Waals surface area contributed by atoms with Gasteiger partial charge in [-0.05, 0) is 12.3 Å². The molecule has 0 fully saturated rings. The lowest BCUT2D eigenvalue weighted by atomic mass is 9.99. The SMILES string of the molecule is CC(CC(=O)O)CC(N)C(F)F. The van der Waals surface area contributed by atoms with Crippen molar-refractivity contribution in [2.24, 2.45) is 11.7 Å². The molecule has 0 saturated carbocycles. The predicted octanol–water partition coefficient (Wildman–Crippen LogP) is 1.08. The molecule has 0 aromatic carbocycles. The first-order valence-electron chi connectivity index (χ1n) is 3.69.